The number of amides is 1. The summed E-state index contributed by atoms with van der Waals surface area (Å²) in [6.45, 7) is 3.90. The molecule has 2 aromatic heterocycles. The third kappa shape index (κ3) is 3.20. The maximum Gasteiger partial charge on any atom is 0.261 e. The van der Waals surface area contributed by atoms with Crippen LogP contribution in [-0.2, 0) is 0 Å². The predicted octanol–water partition coefficient (Wildman–Crippen LogP) is 4.67. The van der Waals surface area contributed by atoms with E-state index in [1.54, 1.807) is 21.4 Å². The first kappa shape index (κ1) is 17.7. The zero-order valence-electron chi connectivity index (χ0n) is 15.6. The van der Waals surface area contributed by atoms with E-state index in [0.29, 0.717) is 17.1 Å². The van der Waals surface area contributed by atoms with Gasteiger partial charge in [-0.25, -0.2) is 9.07 Å². The Morgan fingerprint density at radius 1 is 1.00 bits per heavy atom. The van der Waals surface area contributed by atoms with Crippen molar-refractivity contribution >= 4 is 11.6 Å². The minimum atomic E-state index is -0.368. The quantitative estimate of drug-likeness (QED) is 0.564. The average molecular weight is 374 g/mol. The van der Waals surface area contributed by atoms with Crippen LogP contribution < -0.4 is 5.32 Å². The monoisotopic (exact) mass is 374 g/mol. The molecule has 4 rings (SSSR count). The molecule has 0 aliphatic carbocycles. The molecule has 0 saturated carbocycles. The van der Waals surface area contributed by atoms with Gasteiger partial charge in [-0.1, -0.05) is 24.3 Å². The summed E-state index contributed by atoms with van der Waals surface area (Å²) in [4.78, 5) is 13.1. The second-order valence-corrected chi connectivity index (χ2v) is 6.58. The highest BCUT2D eigenvalue weighted by molar-refractivity contribution is 6.07. The van der Waals surface area contributed by atoms with Crippen molar-refractivity contribution in [2.24, 2.45) is 0 Å². The highest BCUT2D eigenvalue weighted by Crippen LogP contribution is 2.24. The van der Waals surface area contributed by atoms with Crippen LogP contribution in [0.2, 0.25) is 0 Å². The van der Waals surface area contributed by atoms with Gasteiger partial charge in [0.2, 0.25) is 0 Å². The molecule has 28 heavy (non-hydrogen) atoms. The standard InChI is InChI=1S/C22H19FN4O/c1-15-7-5-8-16(2)20(15)25-21(28)19-14-24-27(18-10-6-9-17(23)13-18)22(19)26-11-3-4-12-26/h3-14H,1-2H3,(H,25,28). The second-order valence-electron chi connectivity index (χ2n) is 6.58. The smallest absolute Gasteiger partial charge is 0.261 e. The number of anilines is 1. The van der Waals surface area contributed by atoms with Crippen molar-refractivity contribution in [1.29, 1.82) is 0 Å². The fourth-order valence-corrected chi connectivity index (χ4v) is 3.22. The second kappa shape index (κ2) is 7.15. The van der Waals surface area contributed by atoms with Crippen LogP contribution in [0.5, 0.6) is 0 Å². The Morgan fingerprint density at radius 3 is 2.36 bits per heavy atom. The van der Waals surface area contributed by atoms with Crippen molar-refractivity contribution in [2.45, 2.75) is 13.8 Å². The summed E-state index contributed by atoms with van der Waals surface area (Å²) in [5.41, 5.74) is 3.67. The highest BCUT2D eigenvalue weighted by Gasteiger charge is 2.21. The Morgan fingerprint density at radius 2 is 1.68 bits per heavy atom. The van der Waals surface area contributed by atoms with E-state index in [1.807, 2.05) is 56.6 Å². The molecule has 0 bridgehead atoms. The first-order chi connectivity index (χ1) is 13.5. The summed E-state index contributed by atoms with van der Waals surface area (Å²) in [5.74, 6) is -0.101. The van der Waals surface area contributed by atoms with Gasteiger partial charge in [0.25, 0.3) is 5.91 Å². The number of carbonyl (C=O) groups is 1. The van der Waals surface area contributed by atoms with Crippen LogP contribution in [0.25, 0.3) is 11.5 Å². The largest absolute Gasteiger partial charge is 0.321 e. The van der Waals surface area contributed by atoms with Crippen LogP contribution in [0, 0.1) is 19.7 Å². The maximum atomic E-state index is 13.7. The van der Waals surface area contributed by atoms with E-state index in [9.17, 15) is 9.18 Å². The lowest BCUT2D eigenvalue weighted by Gasteiger charge is -2.13. The molecule has 0 fully saturated rings. The molecule has 0 aliphatic heterocycles. The summed E-state index contributed by atoms with van der Waals surface area (Å²) < 4.78 is 17.1. The molecule has 1 amide bonds. The van der Waals surface area contributed by atoms with Crippen molar-refractivity contribution < 1.29 is 9.18 Å². The highest BCUT2D eigenvalue weighted by atomic mass is 19.1. The number of nitrogens with one attached hydrogen (secondary N) is 1. The van der Waals surface area contributed by atoms with E-state index in [1.165, 1.54) is 18.3 Å². The number of halogens is 1. The van der Waals surface area contributed by atoms with E-state index in [-0.39, 0.29) is 11.7 Å². The van der Waals surface area contributed by atoms with Crippen LogP contribution in [0.3, 0.4) is 0 Å². The Bertz CT molecular complexity index is 1130. The van der Waals surface area contributed by atoms with Gasteiger partial charge in [-0.05, 0) is 55.3 Å². The molecule has 0 aliphatic rings. The van der Waals surface area contributed by atoms with Crippen LogP contribution in [0.15, 0.2) is 73.2 Å². The molecular weight excluding hydrogens is 355 g/mol. The minimum absolute atomic E-state index is 0.274. The number of rotatable bonds is 4. The summed E-state index contributed by atoms with van der Waals surface area (Å²) in [6, 6.07) is 15.7. The zero-order chi connectivity index (χ0) is 19.7. The average Bonchev–Trinajstić information content (AvgIpc) is 3.33. The summed E-state index contributed by atoms with van der Waals surface area (Å²) >= 11 is 0. The lowest BCUT2D eigenvalue weighted by atomic mass is 10.1. The lowest BCUT2D eigenvalue weighted by Crippen LogP contribution is -2.16. The van der Waals surface area contributed by atoms with Crippen LogP contribution in [-0.4, -0.2) is 20.3 Å². The molecule has 5 nitrogen and oxygen atoms in total. The fourth-order valence-electron chi connectivity index (χ4n) is 3.22. The Kier molecular flexibility index (Phi) is 4.53. The molecule has 0 saturated heterocycles. The molecular formula is C22H19FN4O. The minimum Gasteiger partial charge on any atom is -0.321 e. The summed E-state index contributed by atoms with van der Waals surface area (Å²) in [5, 5.41) is 7.35. The maximum absolute atomic E-state index is 13.7. The third-order valence-corrected chi connectivity index (χ3v) is 4.61. The molecule has 0 spiro atoms. The topological polar surface area (TPSA) is 51.9 Å². The van der Waals surface area contributed by atoms with Crippen LogP contribution >= 0.6 is 0 Å². The van der Waals surface area contributed by atoms with Gasteiger partial charge in [-0.2, -0.15) is 5.10 Å². The Labute approximate surface area is 162 Å². The molecule has 4 aromatic rings. The van der Waals surface area contributed by atoms with Crippen molar-refractivity contribution in [1.82, 2.24) is 14.3 Å². The van der Waals surface area contributed by atoms with E-state index < -0.39 is 0 Å². The number of hydrogen-bond donors (Lipinski definition) is 1. The number of benzene rings is 2. The first-order valence-electron chi connectivity index (χ1n) is 8.89. The van der Waals surface area contributed by atoms with E-state index in [4.69, 9.17) is 0 Å². The van der Waals surface area contributed by atoms with E-state index in [2.05, 4.69) is 10.4 Å². The summed E-state index contributed by atoms with van der Waals surface area (Å²) in [7, 11) is 0. The van der Waals surface area contributed by atoms with Crippen molar-refractivity contribution in [2.75, 3.05) is 5.32 Å². The zero-order valence-corrected chi connectivity index (χ0v) is 15.6. The molecule has 1 N–H and O–H groups in total. The van der Waals surface area contributed by atoms with Gasteiger partial charge in [0.15, 0.2) is 5.82 Å². The van der Waals surface area contributed by atoms with Gasteiger partial charge in [0.1, 0.15) is 11.4 Å². The van der Waals surface area contributed by atoms with Crippen molar-refractivity contribution in [3.8, 4) is 11.5 Å². The molecule has 0 atom stereocenters. The molecule has 0 unspecified atom stereocenters. The van der Waals surface area contributed by atoms with Gasteiger partial charge in [0.05, 0.1) is 11.9 Å². The number of para-hydroxylation sites is 1. The molecule has 2 heterocycles. The summed E-state index contributed by atoms with van der Waals surface area (Å²) in [6.07, 6.45) is 5.15. The molecule has 6 heteroatoms. The molecule has 2 aromatic carbocycles. The number of aromatic nitrogens is 3. The Hall–Kier alpha value is -3.67. The number of hydrogen-bond acceptors (Lipinski definition) is 2. The number of nitrogens with zero attached hydrogens (tertiary/aromatic N) is 3. The van der Waals surface area contributed by atoms with Gasteiger partial charge >= 0.3 is 0 Å². The van der Waals surface area contributed by atoms with Gasteiger partial charge in [0, 0.05) is 18.1 Å². The number of aryl methyl sites for hydroxylation is 2. The van der Waals surface area contributed by atoms with E-state index in [0.717, 1.165) is 16.8 Å². The van der Waals surface area contributed by atoms with Crippen molar-refractivity contribution in [3.05, 3.63) is 95.7 Å². The molecule has 0 radical (unpaired) electrons. The lowest BCUT2D eigenvalue weighted by molar-refractivity contribution is 0.102. The van der Waals surface area contributed by atoms with Gasteiger partial charge in [-0.3, -0.25) is 4.79 Å². The SMILES string of the molecule is Cc1cccc(C)c1NC(=O)c1cnn(-c2cccc(F)c2)c1-n1cccc1. The Balaban J connectivity index is 1.80. The van der Waals surface area contributed by atoms with Crippen LogP contribution in [0.4, 0.5) is 10.1 Å². The third-order valence-electron chi connectivity index (χ3n) is 4.61. The van der Waals surface area contributed by atoms with Gasteiger partial charge in [-0.15, -0.1) is 0 Å². The van der Waals surface area contributed by atoms with Crippen molar-refractivity contribution in [3.63, 3.8) is 0 Å². The van der Waals surface area contributed by atoms with Gasteiger partial charge < -0.3 is 9.88 Å². The number of carbonyl (C=O) groups excluding carboxylic acids is 1. The molecule has 140 valence electrons. The van der Waals surface area contributed by atoms with E-state index >= 15 is 0 Å². The predicted molar refractivity (Wildman–Crippen MR) is 107 cm³/mol. The van der Waals surface area contributed by atoms with Crippen LogP contribution in [0.1, 0.15) is 21.5 Å². The first-order valence-corrected chi connectivity index (χ1v) is 8.89. The fraction of sp³-hybridized carbons (Fsp3) is 0.0909. The normalized spacial score (nSPS) is 10.8.